The smallest absolute Gasteiger partial charge is 0.121 e. The molecular formula is C18H23NO. The predicted molar refractivity (Wildman–Crippen MR) is 85.4 cm³/mol. The van der Waals surface area contributed by atoms with E-state index in [1.165, 1.54) is 11.1 Å². The zero-order valence-corrected chi connectivity index (χ0v) is 12.5. The summed E-state index contributed by atoms with van der Waals surface area (Å²) < 4.78 is 5.67. The van der Waals surface area contributed by atoms with Crippen molar-refractivity contribution in [3.8, 4) is 5.75 Å². The van der Waals surface area contributed by atoms with Crippen molar-refractivity contribution in [2.45, 2.75) is 33.2 Å². The van der Waals surface area contributed by atoms with Crippen LogP contribution in [0.1, 0.15) is 37.4 Å². The largest absolute Gasteiger partial charge is 0.494 e. The molecule has 2 aromatic carbocycles. The summed E-state index contributed by atoms with van der Waals surface area (Å²) in [6, 6.07) is 16.9. The van der Waals surface area contributed by atoms with Crippen LogP contribution >= 0.6 is 0 Å². The Morgan fingerprint density at radius 3 is 2.65 bits per heavy atom. The molecule has 0 bridgehead atoms. The Balaban J connectivity index is 2.08. The topological polar surface area (TPSA) is 21.3 Å². The third-order valence-electron chi connectivity index (χ3n) is 3.35. The van der Waals surface area contributed by atoms with Gasteiger partial charge in [-0.25, -0.2) is 0 Å². The molecule has 0 aliphatic carbocycles. The van der Waals surface area contributed by atoms with Gasteiger partial charge in [0, 0.05) is 17.8 Å². The molecule has 0 heterocycles. The van der Waals surface area contributed by atoms with Crippen LogP contribution in [-0.2, 0) is 0 Å². The van der Waals surface area contributed by atoms with Crippen molar-refractivity contribution in [1.29, 1.82) is 0 Å². The molecule has 2 heteroatoms. The second-order valence-electron chi connectivity index (χ2n) is 5.10. The van der Waals surface area contributed by atoms with Crippen LogP contribution in [0, 0.1) is 6.92 Å². The van der Waals surface area contributed by atoms with E-state index in [-0.39, 0.29) is 6.04 Å². The monoisotopic (exact) mass is 269 g/mol. The van der Waals surface area contributed by atoms with E-state index in [9.17, 15) is 0 Å². The molecule has 0 radical (unpaired) electrons. The van der Waals surface area contributed by atoms with E-state index in [0.29, 0.717) is 0 Å². The Morgan fingerprint density at radius 1 is 1.10 bits per heavy atom. The molecule has 1 N–H and O–H groups in total. The van der Waals surface area contributed by atoms with Gasteiger partial charge in [-0.05, 0) is 43.5 Å². The molecule has 0 aliphatic rings. The van der Waals surface area contributed by atoms with E-state index in [1.807, 2.05) is 12.1 Å². The molecule has 1 unspecified atom stereocenters. The van der Waals surface area contributed by atoms with Crippen LogP contribution < -0.4 is 10.1 Å². The van der Waals surface area contributed by atoms with Crippen molar-refractivity contribution >= 4 is 5.69 Å². The van der Waals surface area contributed by atoms with E-state index in [1.54, 1.807) is 0 Å². The van der Waals surface area contributed by atoms with Gasteiger partial charge >= 0.3 is 0 Å². The van der Waals surface area contributed by atoms with Crippen molar-refractivity contribution < 1.29 is 4.74 Å². The number of nitrogens with one attached hydrogen (secondary N) is 1. The first-order chi connectivity index (χ1) is 9.70. The molecule has 0 aromatic heterocycles. The quantitative estimate of drug-likeness (QED) is 0.800. The molecule has 106 valence electrons. The lowest BCUT2D eigenvalue weighted by Crippen LogP contribution is -2.08. The molecule has 2 aromatic rings. The lowest BCUT2D eigenvalue weighted by Gasteiger charge is -2.18. The zero-order valence-electron chi connectivity index (χ0n) is 12.5. The molecule has 0 saturated carbocycles. The Labute approximate surface area is 121 Å². The van der Waals surface area contributed by atoms with E-state index in [4.69, 9.17) is 4.74 Å². The van der Waals surface area contributed by atoms with Crippen molar-refractivity contribution in [1.82, 2.24) is 0 Å². The molecule has 2 nitrogen and oxygen atoms in total. The van der Waals surface area contributed by atoms with Crippen molar-refractivity contribution in [2.75, 3.05) is 11.9 Å². The minimum Gasteiger partial charge on any atom is -0.494 e. The van der Waals surface area contributed by atoms with Gasteiger partial charge in [-0.15, -0.1) is 0 Å². The summed E-state index contributed by atoms with van der Waals surface area (Å²) in [6.07, 6.45) is 1.03. The van der Waals surface area contributed by atoms with E-state index < -0.39 is 0 Å². The van der Waals surface area contributed by atoms with Gasteiger partial charge in [-0.2, -0.15) is 0 Å². The van der Waals surface area contributed by atoms with Crippen molar-refractivity contribution in [3.05, 3.63) is 59.7 Å². The van der Waals surface area contributed by atoms with Gasteiger partial charge in [-0.1, -0.05) is 37.3 Å². The van der Waals surface area contributed by atoms with Crippen LogP contribution in [-0.4, -0.2) is 6.61 Å². The van der Waals surface area contributed by atoms with Gasteiger partial charge in [0.1, 0.15) is 5.75 Å². The van der Waals surface area contributed by atoms with Gasteiger partial charge in [0.25, 0.3) is 0 Å². The lowest BCUT2D eigenvalue weighted by atomic mass is 10.0. The fourth-order valence-corrected chi connectivity index (χ4v) is 2.30. The summed E-state index contributed by atoms with van der Waals surface area (Å²) in [7, 11) is 0. The van der Waals surface area contributed by atoms with Gasteiger partial charge in [0.2, 0.25) is 0 Å². The van der Waals surface area contributed by atoms with E-state index >= 15 is 0 Å². The Bertz CT molecular complexity index is 551. The number of aryl methyl sites for hydroxylation is 1. The third-order valence-corrected chi connectivity index (χ3v) is 3.35. The van der Waals surface area contributed by atoms with Gasteiger partial charge < -0.3 is 10.1 Å². The fourth-order valence-electron chi connectivity index (χ4n) is 2.30. The maximum Gasteiger partial charge on any atom is 0.121 e. The highest BCUT2D eigenvalue weighted by Crippen LogP contribution is 2.24. The van der Waals surface area contributed by atoms with Gasteiger partial charge in [-0.3, -0.25) is 0 Å². The number of hydrogen-bond donors (Lipinski definition) is 1. The summed E-state index contributed by atoms with van der Waals surface area (Å²) >= 11 is 0. The zero-order chi connectivity index (χ0) is 14.4. The van der Waals surface area contributed by atoms with Crippen LogP contribution in [0.3, 0.4) is 0 Å². The van der Waals surface area contributed by atoms with E-state index in [0.717, 1.165) is 24.5 Å². The van der Waals surface area contributed by atoms with Gasteiger partial charge in [0.15, 0.2) is 0 Å². The maximum atomic E-state index is 5.67. The fraction of sp³-hybridized carbons (Fsp3) is 0.333. The SMILES string of the molecule is CCCOc1cccc(NC(C)c2ccccc2C)c1. The molecule has 0 fully saturated rings. The minimum atomic E-state index is 0.276. The normalized spacial score (nSPS) is 11.9. The Morgan fingerprint density at radius 2 is 1.90 bits per heavy atom. The van der Waals surface area contributed by atoms with E-state index in [2.05, 4.69) is 62.5 Å². The highest BCUT2D eigenvalue weighted by Gasteiger charge is 2.07. The number of anilines is 1. The lowest BCUT2D eigenvalue weighted by molar-refractivity contribution is 0.317. The van der Waals surface area contributed by atoms with Crippen LogP contribution in [0.4, 0.5) is 5.69 Å². The molecule has 0 saturated heterocycles. The summed E-state index contributed by atoms with van der Waals surface area (Å²) in [5.74, 6) is 0.925. The Kier molecular flexibility index (Phi) is 5.05. The predicted octanol–water partition coefficient (Wildman–Crippen LogP) is 4.96. The van der Waals surface area contributed by atoms with Crippen molar-refractivity contribution in [2.24, 2.45) is 0 Å². The molecular weight excluding hydrogens is 246 g/mol. The number of benzene rings is 2. The standard InChI is InChI=1S/C18H23NO/c1-4-12-20-17-10-7-9-16(13-17)19-15(3)18-11-6-5-8-14(18)2/h5-11,13,15,19H,4,12H2,1-3H3. The number of rotatable bonds is 6. The molecule has 0 spiro atoms. The molecule has 1 atom stereocenters. The number of hydrogen-bond acceptors (Lipinski definition) is 2. The summed E-state index contributed by atoms with van der Waals surface area (Å²) in [4.78, 5) is 0. The summed E-state index contributed by atoms with van der Waals surface area (Å²) in [6.45, 7) is 7.20. The first-order valence-corrected chi connectivity index (χ1v) is 7.25. The molecule has 2 rings (SSSR count). The maximum absolute atomic E-state index is 5.67. The summed E-state index contributed by atoms with van der Waals surface area (Å²) in [5, 5.41) is 3.54. The summed E-state index contributed by atoms with van der Waals surface area (Å²) in [5.41, 5.74) is 3.73. The van der Waals surface area contributed by atoms with Crippen LogP contribution in [0.5, 0.6) is 5.75 Å². The average molecular weight is 269 g/mol. The molecule has 0 amide bonds. The molecule has 20 heavy (non-hydrogen) atoms. The van der Waals surface area contributed by atoms with Gasteiger partial charge in [0.05, 0.1) is 6.61 Å². The second kappa shape index (κ2) is 6.99. The minimum absolute atomic E-state index is 0.276. The van der Waals surface area contributed by atoms with Crippen LogP contribution in [0.2, 0.25) is 0 Å². The first kappa shape index (κ1) is 14.4. The Hall–Kier alpha value is -1.96. The molecule has 0 aliphatic heterocycles. The second-order valence-corrected chi connectivity index (χ2v) is 5.10. The van der Waals surface area contributed by atoms with Crippen molar-refractivity contribution in [3.63, 3.8) is 0 Å². The van der Waals surface area contributed by atoms with Crippen LogP contribution in [0.15, 0.2) is 48.5 Å². The highest BCUT2D eigenvalue weighted by molar-refractivity contribution is 5.50. The highest BCUT2D eigenvalue weighted by atomic mass is 16.5. The average Bonchev–Trinajstić information content (AvgIpc) is 2.46. The third kappa shape index (κ3) is 3.77. The number of ether oxygens (including phenoxy) is 1. The van der Waals surface area contributed by atoms with Crippen LogP contribution in [0.25, 0.3) is 0 Å². The first-order valence-electron chi connectivity index (χ1n) is 7.25.